The molecule has 0 saturated carbocycles. The zero-order valence-electron chi connectivity index (χ0n) is 16.3. The van der Waals surface area contributed by atoms with Gasteiger partial charge in [-0.3, -0.25) is 0 Å². The fourth-order valence-electron chi connectivity index (χ4n) is 3.09. The van der Waals surface area contributed by atoms with Crippen molar-refractivity contribution in [1.82, 2.24) is 4.98 Å². The molecule has 10 heteroatoms. The summed E-state index contributed by atoms with van der Waals surface area (Å²) >= 11 is 12.2. The Hall–Kier alpha value is -2.26. The lowest BCUT2D eigenvalue weighted by molar-refractivity contribution is 0.304. The minimum atomic E-state index is -4.29. The Morgan fingerprint density at radius 3 is 2.39 bits per heavy atom. The van der Waals surface area contributed by atoms with Crippen LogP contribution >= 0.6 is 23.2 Å². The SMILES string of the molecule is CN(CCO)c1cc(C(c2cc(F)ccc2F)S(=O)(=O)c2ccc(Cl)cc2)c(Cl)cn1. The number of hydrogen-bond acceptors (Lipinski definition) is 5. The average molecular weight is 487 g/mol. The summed E-state index contributed by atoms with van der Waals surface area (Å²) in [6.45, 7) is 0.0537. The van der Waals surface area contributed by atoms with Crippen LogP contribution in [0, 0.1) is 11.6 Å². The van der Waals surface area contributed by atoms with Crippen molar-refractivity contribution >= 4 is 38.9 Å². The van der Waals surface area contributed by atoms with E-state index < -0.39 is 26.7 Å². The number of halogens is 4. The molecule has 5 nitrogen and oxygen atoms in total. The van der Waals surface area contributed by atoms with Crippen LogP contribution in [0.2, 0.25) is 10.0 Å². The molecule has 1 heterocycles. The standard InChI is InChI=1S/C21H18Cl2F2N2O3S/c1-27(8-9-28)20-11-16(18(23)12-26-20)21(17-10-14(24)4-7-19(17)25)31(29,30)15-5-2-13(22)3-6-15/h2-7,10-12,21,28H,8-9H2,1H3. The van der Waals surface area contributed by atoms with Crippen molar-refractivity contribution in [1.29, 1.82) is 0 Å². The number of benzene rings is 2. The first kappa shape index (κ1) is 23.4. The first-order valence-electron chi connectivity index (χ1n) is 9.07. The molecule has 164 valence electrons. The van der Waals surface area contributed by atoms with Gasteiger partial charge in [0.15, 0.2) is 9.84 Å². The number of aliphatic hydroxyl groups is 1. The highest BCUT2D eigenvalue weighted by Gasteiger charge is 2.35. The summed E-state index contributed by atoms with van der Waals surface area (Å²) in [5.41, 5.74) is -0.366. The fourth-order valence-corrected chi connectivity index (χ4v) is 5.33. The Labute approximate surface area is 188 Å². The molecule has 0 spiro atoms. The van der Waals surface area contributed by atoms with Crippen molar-refractivity contribution in [3.05, 3.63) is 87.5 Å². The number of aliphatic hydroxyl groups excluding tert-OH is 1. The van der Waals surface area contributed by atoms with E-state index in [4.69, 9.17) is 23.2 Å². The van der Waals surface area contributed by atoms with Gasteiger partial charge in [0.2, 0.25) is 0 Å². The normalized spacial score (nSPS) is 12.6. The van der Waals surface area contributed by atoms with Crippen molar-refractivity contribution in [3.63, 3.8) is 0 Å². The zero-order chi connectivity index (χ0) is 22.8. The van der Waals surface area contributed by atoms with Crippen LogP contribution in [0.15, 0.2) is 59.6 Å². The summed E-state index contributed by atoms with van der Waals surface area (Å²) in [6, 6.07) is 9.35. The van der Waals surface area contributed by atoms with Gasteiger partial charge in [-0.2, -0.15) is 0 Å². The number of hydrogen-bond donors (Lipinski definition) is 1. The molecule has 0 aliphatic rings. The van der Waals surface area contributed by atoms with E-state index >= 15 is 0 Å². The first-order valence-corrected chi connectivity index (χ1v) is 11.4. The second-order valence-corrected chi connectivity index (χ2v) is 9.63. The summed E-state index contributed by atoms with van der Waals surface area (Å²) in [4.78, 5) is 5.58. The number of pyridine rings is 1. The Morgan fingerprint density at radius 1 is 1.06 bits per heavy atom. The van der Waals surface area contributed by atoms with Gasteiger partial charge < -0.3 is 10.0 Å². The molecular formula is C21H18Cl2F2N2O3S. The third-order valence-electron chi connectivity index (χ3n) is 4.67. The topological polar surface area (TPSA) is 70.5 Å². The number of sulfone groups is 1. The lowest BCUT2D eigenvalue weighted by Crippen LogP contribution is -2.23. The van der Waals surface area contributed by atoms with Crippen LogP contribution in [0.5, 0.6) is 0 Å². The Balaban J connectivity index is 2.28. The number of nitrogens with zero attached hydrogens (tertiary/aromatic N) is 2. The average Bonchev–Trinajstić information content (AvgIpc) is 2.72. The minimum Gasteiger partial charge on any atom is -0.395 e. The predicted molar refractivity (Wildman–Crippen MR) is 116 cm³/mol. The summed E-state index contributed by atoms with van der Waals surface area (Å²) < 4.78 is 56.0. The first-order chi connectivity index (χ1) is 14.6. The molecule has 1 N–H and O–H groups in total. The molecule has 0 aliphatic carbocycles. The third-order valence-corrected chi connectivity index (χ3v) is 7.30. The van der Waals surface area contributed by atoms with Crippen molar-refractivity contribution in [2.45, 2.75) is 10.1 Å². The highest BCUT2D eigenvalue weighted by atomic mass is 35.5. The Morgan fingerprint density at radius 2 is 1.74 bits per heavy atom. The lowest BCUT2D eigenvalue weighted by atomic mass is 10.0. The number of anilines is 1. The maximum absolute atomic E-state index is 14.8. The Kier molecular flexibility index (Phi) is 7.16. The molecule has 0 aliphatic heterocycles. The van der Waals surface area contributed by atoms with Gasteiger partial charge in [-0.1, -0.05) is 23.2 Å². The molecule has 1 aromatic heterocycles. The van der Waals surface area contributed by atoms with E-state index in [0.29, 0.717) is 10.8 Å². The summed E-state index contributed by atoms with van der Waals surface area (Å²) in [6.07, 6.45) is 1.24. The number of likely N-dealkylation sites (N-methyl/N-ethyl adjacent to an activating group) is 1. The van der Waals surface area contributed by atoms with E-state index in [1.165, 1.54) is 36.5 Å². The molecule has 0 saturated heterocycles. The second-order valence-electron chi connectivity index (χ2n) is 6.75. The van der Waals surface area contributed by atoms with Crippen LogP contribution in [0.1, 0.15) is 16.4 Å². The largest absolute Gasteiger partial charge is 0.395 e. The van der Waals surface area contributed by atoms with Crippen molar-refractivity contribution in [2.75, 3.05) is 25.1 Å². The van der Waals surface area contributed by atoms with Gasteiger partial charge in [-0.15, -0.1) is 0 Å². The monoisotopic (exact) mass is 486 g/mol. The molecule has 3 aromatic rings. The van der Waals surface area contributed by atoms with E-state index in [1.54, 1.807) is 11.9 Å². The predicted octanol–water partition coefficient (Wildman–Crippen LogP) is 4.66. The van der Waals surface area contributed by atoms with E-state index in [9.17, 15) is 22.3 Å². The van der Waals surface area contributed by atoms with E-state index in [-0.39, 0.29) is 34.2 Å². The minimum absolute atomic E-state index is 0.0240. The van der Waals surface area contributed by atoms with Gasteiger partial charge in [0.1, 0.15) is 22.7 Å². The highest BCUT2D eigenvalue weighted by molar-refractivity contribution is 7.92. The quantitative estimate of drug-likeness (QED) is 0.525. The third kappa shape index (κ3) is 4.98. The van der Waals surface area contributed by atoms with Crippen molar-refractivity contribution in [3.8, 4) is 0 Å². The lowest BCUT2D eigenvalue weighted by Gasteiger charge is -2.23. The van der Waals surface area contributed by atoms with E-state index in [1.807, 2.05) is 0 Å². The van der Waals surface area contributed by atoms with Gasteiger partial charge >= 0.3 is 0 Å². The molecule has 3 rings (SSSR count). The van der Waals surface area contributed by atoms with Gasteiger partial charge in [0.05, 0.1) is 16.5 Å². The smallest absolute Gasteiger partial charge is 0.189 e. The van der Waals surface area contributed by atoms with Crippen LogP contribution in [0.3, 0.4) is 0 Å². The summed E-state index contributed by atoms with van der Waals surface area (Å²) in [7, 11) is -2.65. The van der Waals surface area contributed by atoms with Crippen molar-refractivity contribution < 1.29 is 22.3 Å². The van der Waals surface area contributed by atoms with Gasteiger partial charge in [0.25, 0.3) is 0 Å². The van der Waals surface area contributed by atoms with Crippen LogP contribution < -0.4 is 4.90 Å². The Bertz CT molecular complexity index is 1190. The molecule has 1 unspecified atom stereocenters. The van der Waals surface area contributed by atoms with Crippen LogP contribution in [0.25, 0.3) is 0 Å². The summed E-state index contributed by atoms with van der Waals surface area (Å²) in [5, 5.41) is 7.82. The molecule has 0 radical (unpaired) electrons. The molecule has 31 heavy (non-hydrogen) atoms. The van der Waals surface area contributed by atoms with Crippen LogP contribution in [-0.2, 0) is 9.84 Å². The van der Waals surface area contributed by atoms with Gasteiger partial charge in [-0.05, 0) is 54.1 Å². The van der Waals surface area contributed by atoms with E-state index in [0.717, 1.165) is 18.2 Å². The maximum Gasteiger partial charge on any atom is 0.189 e. The second kappa shape index (κ2) is 9.48. The fraction of sp³-hybridized carbons (Fsp3) is 0.190. The number of aromatic nitrogens is 1. The number of rotatable bonds is 7. The molecule has 1 atom stereocenters. The molecular weight excluding hydrogens is 469 g/mol. The van der Waals surface area contributed by atoms with E-state index in [2.05, 4.69) is 4.98 Å². The van der Waals surface area contributed by atoms with Crippen LogP contribution in [0.4, 0.5) is 14.6 Å². The van der Waals surface area contributed by atoms with Gasteiger partial charge in [0, 0.05) is 30.4 Å². The van der Waals surface area contributed by atoms with Crippen molar-refractivity contribution in [2.24, 2.45) is 0 Å². The molecule has 2 aromatic carbocycles. The molecule has 0 bridgehead atoms. The van der Waals surface area contributed by atoms with Gasteiger partial charge in [-0.25, -0.2) is 22.2 Å². The molecule has 0 fully saturated rings. The van der Waals surface area contributed by atoms with Crippen LogP contribution in [-0.4, -0.2) is 38.7 Å². The zero-order valence-corrected chi connectivity index (χ0v) is 18.6. The summed E-state index contributed by atoms with van der Waals surface area (Å²) in [5.74, 6) is -1.39. The highest BCUT2D eigenvalue weighted by Crippen LogP contribution is 2.40. The molecule has 0 amide bonds. The maximum atomic E-state index is 14.8.